The molecule has 0 saturated heterocycles. The van der Waals surface area contributed by atoms with Gasteiger partial charge < -0.3 is 5.11 Å². The Balaban J connectivity index is 3.09. The average molecular weight is 188 g/mol. The third-order valence-corrected chi connectivity index (χ3v) is 2.92. The molecule has 0 aliphatic carbocycles. The van der Waals surface area contributed by atoms with Gasteiger partial charge >= 0.3 is 0 Å². The summed E-state index contributed by atoms with van der Waals surface area (Å²) >= 11 is 1.84. The largest absolute Gasteiger partial charge is 0.392 e. The van der Waals surface area contributed by atoms with Crippen molar-refractivity contribution in [2.24, 2.45) is 0 Å². The van der Waals surface area contributed by atoms with Crippen LogP contribution in [0.15, 0.2) is 12.7 Å². The summed E-state index contributed by atoms with van der Waals surface area (Å²) in [6.07, 6.45) is 6.01. The monoisotopic (exact) mass is 188 g/mol. The number of allylic oxidation sites excluding steroid dienone is 1. The first kappa shape index (κ1) is 12.0. The fraction of sp³-hybridized carbons (Fsp3) is 0.800. The summed E-state index contributed by atoms with van der Waals surface area (Å²) in [5.41, 5.74) is 0. The van der Waals surface area contributed by atoms with Crippen molar-refractivity contribution in [1.29, 1.82) is 0 Å². The lowest BCUT2D eigenvalue weighted by molar-refractivity contribution is 0.186. The van der Waals surface area contributed by atoms with Crippen LogP contribution in [0, 0.1) is 0 Å². The molecule has 0 aromatic heterocycles. The second kappa shape index (κ2) is 9.14. The number of thioether (sulfide) groups is 1. The molecule has 1 nitrogen and oxygen atoms in total. The number of unbranched alkanes of at least 4 members (excludes halogenated alkanes) is 1. The Hall–Kier alpha value is 0.0500. The Kier molecular flexibility index (Phi) is 9.18. The van der Waals surface area contributed by atoms with E-state index in [2.05, 4.69) is 13.5 Å². The van der Waals surface area contributed by atoms with Crippen LogP contribution >= 0.6 is 11.8 Å². The third kappa shape index (κ3) is 8.15. The average Bonchev–Trinajstić information content (AvgIpc) is 2.06. The maximum absolute atomic E-state index is 9.45. The van der Waals surface area contributed by atoms with Crippen LogP contribution in [0.3, 0.4) is 0 Å². The second-order valence-electron chi connectivity index (χ2n) is 2.95. The number of rotatable bonds is 8. The van der Waals surface area contributed by atoms with Crippen molar-refractivity contribution in [2.75, 3.05) is 11.5 Å². The number of hydrogen-bond acceptors (Lipinski definition) is 2. The van der Waals surface area contributed by atoms with E-state index >= 15 is 0 Å². The molecule has 0 amide bonds. The predicted molar refractivity (Wildman–Crippen MR) is 57.7 cm³/mol. The molecule has 0 aliphatic heterocycles. The van der Waals surface area contributed by atoms with Crippen LogP contribution in [0.25, 0.3) is 0 Å². The molecule has 0 fully saturated rings. The highest BCUT2D eigenvalue weighted by molar-refractivity contribution is 7.99. The first-order valence-electron chi connectivity index (χ1n) is 4.68. The van der Waals surface area contributed by atoms with Crippen LogP contribution in [0.1, 0.15) is 32.6 Å². The molecule has 1 unspecified atom stereocenters. The van der Waals surface area contributed by atoms with Gasteiger partial charge in [-0.1, -0.05) is 13.0 Å². The van der Waals surface area contributed by atoms with Gasteiger partial charge in [-0.25, -0.2) is 0 Å². The number of hydrogen-bond donors (Lipinski definition) is 1. The zero-order valence-electron chi connectivity index (χ0n) is 7.96. The van der Waals surface area contributed by atoms with E-state index in [1.807, 2.05) is 17.8 Å². The molecule has 72 valence electrons. The summed E-state index contributed by atoms with van der Waals surface area (Å²) in [4.78, 5) is 0. The van der Waals surface area contributed by atoms with E-state index in [9.17, 15) is 5.11 Å². The van der Waals surface area contributed by atoms with Gasteiger partial charge in [-0.05, 0) is 31.4 Å². The summed E-state index contributed by atoms with van der Waals surface area (Å²) in [5, 5.41) is 9.45. The van der Waals surface area contributed by atoms with Crippen molar-refractivity contribution in [3.63, 3.8) is 0 Å². The summed E-state index contributed by atoms with van der Waals surface area (Å²) in [6, 6.07) is 0. The molecular formula is C10H20OS. The molecule has 0 saturated carbocycles. The van der Waals surface area contributed by atoms with Gasteiger partial charge in [-0.2, -0.15) is 11.8 Å². The molecule has 0 bridgehead atoms. The molecule has 2 heteroatoms. The number of aliphatic hydroxyl groups excluding tert-OH is 1. The van der Waals surface area contributed by atoms with E-state index < -0.39 is 0 Å². The van der Waals surface area contributed by atoms with Crippen molar-refractivity contribution in [3.05, 3.63) is 12.7 Å². The quantitative estimate of drug-likeness (QED) is 0.467. The van der Waals surface area contributed by atoms with E-state index in [0.717, 1.165) is 25.0 Å². The second-order valence-corrected chi connectivity index (χ2v) is 4.10. The van der Waals surface area contributed by atoms with Crippen LogP contribution in [0.5, 0.6) is 0 Å². The summed E-state index contributed by atoms with van der Waals surface area (Å²) < 4.78 is 0. The summed E-state index contributed by atoms with van der Waals surface area (Å²) in [7, 11) is 0. The minimum atomic E-state index is -0.110. The van der Waals surface area contributed by atoms with Crippen molar-refractivity contribution in [2.45, 2.75) is 38.7 Å². The van der Waals surface area contributed by atoms with Gasteiger partial charge in [0.1, 0.15) is 0 Å². The van der Waals surface area contributed by atoms with Gasteiger partial charge in [0.25, 0.3) is 0 Å². The molecule has 0 radical (unpaired) electrons. The molecule has 1 N–H and O–H groups in total. The van der Waals surface area contributed by atoms with Gasteiger partial charge in [0.05, 0.1) is 6.10 Å². The molecule has 0 aromatic rings. The molecule has 0 heterocycles. The molecule has 12 heavy (non-hydrogen) atoms. The van der Waals surface area contributed by atoms with Gasteiger partial charge in [0, 0.05) is 5.75 Å². The smallest absolute Gasteiger partial charge is 0.0630 e. The highest BCUT2D eigenvalue weighted by atomic mass is 32.2. The zero-order valence-corrected chi connectivity index (χ0v) is 8.78. The van der Waals surface area contributed by atoms with Crippen LogP contribution < -0.4 is 0 Å². The molecule has 0 rings (SSSR count). The van der Waals surface area contributed by atoms with Crippen molar-refractivity contribution in [3.8, 4) is 0 Å². The molecule has 0 aromatic carbocycles. The Morgan fingerprint density at radius 2 is 2.33 bits per heavy atom. The van der Waals surface area contributed by atoms with E-state index in [1.54, 1.807) is 0 Å². The lowest BCUT2D eigenvalue weighted by Gasteiger charge is -2.08. The zero-order chi connectivity index (χ0) is 9.23. The molecule has 0 aliphatic rings. The van der Waals surface area contributed by atoms with E-state index in [0.29, 0.717) is 0 Å². The van der Waals surface area contributed by atoms with Crippen LogP contribution in [-0.2, 0) is 0 Å². The van der Waals surface area contributed by atoms with Gasteiger partial charge in [0.2, 0.25) is 0 Å². The van der Waals surface area contributed by atoms with Crippen LogP contribution in [0.2, 0.25) is 0 Å². The summed E-state index contributed by atoms with van der Waals surface area (Å²) in [6.45, 7) is 5.81. The summed E-state index contributed by atoms with van der Waals surface area (Å²) in [5.74, 6) is 2.06. The third-order valence-electron chi connectivity index (χ3n) is 1.60. The fourth-order valence-electron chi connectivity index (χ4n) is 0.945. The topological polar surface area (TPSA) is 20.2 Å². The Morgan fingerprint density at radius 3 is 2.92 bits per heavy atom. The van der Waals surface area contributed by atoms with Gasteiger partial charge in [-0.15, -0.1) is 6.58 Å². The normalized spacial score (nSPS) is 12.8. The minimum Gasteiger partial charge on any atom is -0.392 e. The Bertz CT molecular complexity index is 104. The first-order valence-corrected chi connectivity index (χ1v) is 5.83. The standard InChI is InChI=1S/C10H20OS/c1-3-5-6-7-10(11)9-12-8-4-2/h3,10-11H,1,4-9H2,2H3. The predicted octanol–water partition coefficient (Wildman–Crippen LogP) is 2.85. The lowest BCUT2D eigenvalue weighted by atomic mass is 10.2. The maximum atomic E-state index is 9.45. The minimum absolute atomic E-state index is 0.110. The van der Waals surface area contributed by atoms with Gasteiger partial charge in [-0.3, -0.25) is 0 Å². The first-order chi connectivity index (χ1) is 5.81. The van der Waals surface area contributed by atoms with Crippen molar-refractivity contribution >= 4 is 11.8 Å². The Morgan fingerprint density at radius 1 is 1.58 bits per heavy atom. The molecular weight excluding hydrogens is 168 g/mol. The van der Waals surface area contributed by atoms with Crippen LogP contribution in [-0.4, -0.2) is 22.7 Å². The van der Waals surface area contributed by atoms with Crippen molar-refractivity contribution < 1.29 is 5.11 Å². The van der Waals surface area contributed by atoms with Crippen molar-refractivity contribution in [1.82, 2.24) is 0 Å². The van der Waals surface area contributed by atoms with E-state index in [1.165, 1.54) is 12.2 Å². The molecule has 1 atom stereocenters. The fourth-order valence-corrected chi connectivity index (χ4v) is 1.84. The lowest BCUT2D eigenvalue weighted by Crippen LogP contribution is -2.09. The Labute approximate surface area is 80.3 Å². The van der Waals surface area contributed by atoms with E-state index in [-0.39, 0.29) is 6.10 Å². The number of aliphatic hydroxyl groups is 1. The molecule has 0 spiro atoms. The highest BCUT2D eigenvalue weighted by Gasteiger charge is 2.01. The van der Waals surface area contributed by atoms with Crippen LogP contribution in [0.4, 0.5) is 0 Å². The maximum Gasteiger partial charge on any atom is 0.0630 e. The van der Waals surface area contributed by atoms with Gasteiger partial charge in [0.15, 0.2) is 0 Å². The SMILES string of the molecule is C=CCCCC(O)CSCCC. The highest BCUT2D eigenvalue weighted by Crippen LogP contribution is 2.09. The van der Waals surface area contributed by atoms with E-state index in [4.69, 9.17) is 0 Å².